The zero-order chi connectivity index (χ0) is 17.1. The molecular weight excluding hydrogens is 384 g/mol. The molecule has 8 heteroatoms. The van der Waals surface area contributed by atoms with E-state index in [-0.39, 0.29) is 34.5 Å². The van der Waals surface area contributed by atoms with Crippen molar-refractivity contribution in [1.82, 2.24) is 5.32 Å². The monoisotopic (exact) mass is 393 g/mol. The van der Waals surface area contributed by atoms with Crippen LogP contribution in [0.1, 0.15) is 11.1 Å². The summed E-state index contributed by atoms with van der Waals surface area (Å²) in [6, 6.07) is 5.73. The Morgan fingerprint density at radius 2 is 1.35 bits per heavy atom. The topological polar surface area (TPSA) is 69.6 Å². The van der Waals surface area contributed by atoms with Crippen molar-refractivity contribution in [1.29, 1.82) is 0 Å². The molecule has 23 heavy (non-hydrogen) atoms. The van der Waals surface area contributed by atoms with E-state index in [1.54, 1.807) is 0 Å². The van der Waals surface area contributed by atoms with Gasteiger partial charge in [0.05, 0.1) is 16.5 Å². The number of halogens is 4. The van der Waals surface area contributed by atoms with Crippen LogP contribution in [0.25, 0.3) is 0 Å². The van der Waals surface area contributed by atoms with Crippen LogP contribution in [0, 0.1) is 0 Å². The van der Waals surface area contributed by atoms with Crippen molar-refractivity contribution in [2.24, 2.45) is 0 Å². The lowest BCUT2D eigenvalue weighted by Gasteiger charge is -2.10. The average Bonchev–Trinajstić information content (AvgIpc) is 2.46. The smallest absolute Gasteiger partial charge is 0.224 e. The molecule has 0 saturated carbocycles. The van der Waals surface area contributed by atoms with Gasteiger partial charge >= 0.3 is 0 Å². The number of phenols is 2. The zero-order valence-corrected chi connectivity index (χ0v) is 14.6. The molecule has 4 nitrogen and oxygen atoms in total. The number of nitrogens with one attached hydrogen (secondary N) is 1. The Bertz CT molecular complexity index is 765. The molecule has 0 spiro atoms. The molecule has 0 unspecified atom stereocenters. The SMILES string of the molecule is O=C(Cc1cc(Cl)cc(Cl)c1O)NCc1cc(Cl)cc(Cl)c1O. The van der Waals surface area contributed by atoms with Crippen LogP contribution in [0.4, 0.5) is 0 Å². The number of hydrogen-bond acceptors (Lipinski definition) is 3. The van der Waals surface area contributed by atoms with Crippen molar-refractivity contribution in [2.75, 3.05) is 0 Å². The fourth-order valence-corrected chi connectivity index (χ4v) is 3.01. The molecule has 0 saturated heterocycles. The number of benzene rings is 2. The van der Waals surface area contributed by atoms with Crippen LogP contribution in [-0.2, 0) is 17.8 Å². The second-order valence-electron chi connectivity index (χ2n) is 4.74. The maximum Gasteiger partial charge on any atom is 0.224 e. The summed E-state index contributed by atoms with van der Waals surface area (Å²) >= 11 is 23.3. The minimum atomic E-state index is -0.394. The number of rotatable bonds is 4. The number of hydrogen-bond donors (Lipinski definition) is 3. The zero-order valence-electron chi connectivity index (χ0n) is 11.5. The van der Waals surface area contributed by atoms with Crippen molar-refractivity contribution in [2.45, 2.75) is 13.0 Å². The largest absolute Gasteiger partial charge is 0.506 e. The lowest BCUT2D eigenvalue weighted by atomic mass is 10.1. The Kier molecular flexibility index (Phi) is 5.87. The first-order valence-corrected chi connectivity index (χ1v) is 7.89. The molecule has 0 bridgehead atoms. The molecule has 0 aliphatic rings. The van der Waals surface area contributed by atoms with Crippen LogP contribution >= 0.6 is 46.4 Å². The van der Waals surface area contributed by atoms with E-state index >= 15 is 0 Å². The van der Waals surface area contributed by atoms with E-state index in [2.05, 4.69) is 5.32 Å². The third-order valence-electron chi connectivity index (χ3n) is 3.04. The standard InChI is InChI=1S/C15H11Cl4NO3/c16-9-1-7(14(22)11(18)4-9)3-13(21)20-6-8-2-10(17)5-12(19)15(8)23/h1-2,4-5,22-23H,3,6H2,(H,20,21). The highest BCUT2D eigenvalue weighted by atomic mass is 35.5. The fraction of sp³-hybridized carbons (Fsp3) is 0.133. The van der Waals surface area contributed by atoms with Crippen LogP contribution in [0.3, 0.4) is 0 Å². The lowest BCUT2D eigenvalue weighted by Crippen LogP contribution is -2.24. The number of amides is 1. The van der Waals surface area contributed by atoms with E-state index in [1.165, 1.54) is 24.3 Å². The fourth-order valence-electron chi connectivity index (χ4n) is 1.94. The van der Waals surface area contributed by atoms with Gasteiger partial charge in [0.15, 0.2) is 0 Å². The van der Waals surface area contributed by atoms with E-state index in [0.717, 1.165) is 0 Å². The molecule has 0 atom stereocenters. The van der Waals surface area contributed by atoms with Crippen LogP contribution < -0.4 is 5.32 Å². The van der Waals surface area contributed by atoms with Crippen LogP contribution in [0.5, 0.6) is 11.5 Å². The van der Waals surface area contributed by atoms with Crippen molar-refractivity contribution in [3.63, 3.8) is 0 Å². The first-order chi connectivity index (χ1) is 10.8. The van der Waals surface area contributed by atoms with Gasteiger partial charge in [0.25, 0.3) is 0 Å². The van der Waals surface area contributed by atoms with Gasteiger partial charge in [-0.15, -0.1) is 0 Å². The van der Waals surface area contributed by atoms with E-state index < -0.39 is 5.91 Å². The van der Waals surface area contributed by atoms with Gasteiger partial charge in [0.1, 0.15) is 11.5 Å². The molecule has 0 radical (unpaired) electrons. The summed E-state index contributed by atoms with van der Waals surface area (Å²) in [6.07, 6.45) is -0.124. The first-order valence-electron chi connectivity index (χ1n) is 6.38. The Morgan fingerprint density at radius 1 is 0.870 bits per heavy atom. The summed E-state index contributed by atoms with van der Waals surface area (Å²) in [7, 11) is 0. The summed E-state index contributed by atoms with van der Waals surface area (Å²) in [4.78, 5) is 12.0. The second-order valence-corrected chi connectivity index (χ2v) is 6.43. The first kappa shape index (κ1) is 18.0. The van der Waals surface area contributed by atoms with E-state index in [4.69, 9.17) is 46.4 Å². The minimum absolute atomic E-state index is 0.0278. The Morgan fingerprint density at radius 3 is 1.91 bits per heavy atom. The lowest BCUT2D eigenvalue weighted by molar-refractivity contribution is -0.120. The summed E-state index contributed by atoms with van der Waals surface area (Å²) in [5, 5.41) is 23.1. The normalized spacial score (nSPS) is 10.6. The van der Waals surface area contributed by atoms with Crippen molar-refractivity contribution >= 4 is 52.3 Å². The molecule has 0 aliphatic carbocycles. The molecule has 0 fully saturated rings. The average molecular weight is 395 g/mol. The third-order valence-corrected chi connectivity index (χ3v) is 4.05. The van der Waals surface area contributed by atoms with Gasteiger partial charge in [0.2, 0.25) is 5.91 Å². The highest BCUT2D eigenvalue weighted by Crippen LogP contribution is 2.32. The van der Waals surface area contributed by atoms with Gasteiger partial charge in [-0.05, 0) is 24.3 Å². The van der Waals surface area contributed by atoms with E-state index in [0.29, 0.717) is 21.2 Å². The molecule has 0 heterocycles. The van der Waals surface area contributed by atoms with Crippen LogP contribution in [0.2, 0.25) is 20.1 Å². The van der Waals surface area contributed by atoms with E-state index in [9.17, 15) is 15.0 Å². The third kappa shape index (κ3) is 4.58. The van der Waals surface area contributed by atoms with Gasteiger partial charge < -0.3 is 15.5 Å². The van der Waals surface area contributed by atoms with Crippen LogP contribution in [-0.4, -0.2) is 16.1 Å². The predicted octanol–water partition coefficient (Wildman–Crippen LogP) is 4.57. The molecular formula is C15H11Cl4NO3. The molecule has 2 rings (SSSR count). The molecule has 2 aromatic rings. The quantitative estimate of drug-likeness (QED) is 0.711. The Labute approximate surface area is 152 Å². The number of carbonyl (C=O) groups is 1. The second kappa shape index (κ2) is 7.49. The molecule has 0 aromatic heterocycles. The number of aromatic hydroxyl groups is 2. The van der Waals surface area contributed by atoms with Gasteiger partial charge in [-0.2, -0.15) is 0 Å². The van der Waals surface area contributed by atoms with Crippen LogP contribution in [0.15, 0.2) is 24.3 Å². The predicted molar refractivity (Wildman–Crippen MR) is 91.8 cm³/mol. The number of phenolic OH excluding ortho intramolecular Hbond substituents is 2. The highest BCUT2D eigenvalue weighted by molar-refractivity contribution is 6.36. The summed E-state index contributed by atoms with van der Waals surface area (Å²) < 4.78 is 0. The van der Waals surface area contributed by atoms with Crippen molar-refractivity contribution < 1.29 is 15.0 Å². The highest BCUT2D eigenvalue weighted by Gasteiger charge is 2.13. The number of carbonyl (C=O) groups excluding carboxylic acids is 1. The Hall–Kier alpha value is -1.33. The van der Waals surface area contributed by atoms with Gasteiger partial charge in [-0.1, -0.05) is 46.4 Å². The van der Waals surface area contributed by atoms with E-state index in [1.807, 2.05) is 0 Å². The van der Waals surface area contributed by atoms with Gasteiger partial charge in [-0.3, -0.25) is 4.79 Å². The molecule has 1 amide bonds. The molecule has 3 N–H and O–H groups in total. The summed E-state index contributed by atoms with van der Waals surface area (Å²) in [5.41, 5.74) is 0.678. The van der Waals surface area contributed by atoms with Gasteiger partial charge in [-0.25, -0.2) is 0 Å². The molecule has 122 valence electrons. The summed E-state index contributed by atoms with van der Waals surface area (Å²) in [6.45, 7) is 0.0278. The molecule has 0 aliphatic heterocycles. The summed E-state index contributed by atoms with van der Waals surface area (Å²) in [5.74, 6) is -0.737. The van der Waals surface area contributed by atoms with Crippen molar-refractivity contribution in [3.8, 4) is 11.5 Å². The Balaban J connectivity index is 2.07. The van der Waals surface area contributed by atoms with Crippen molar-refractivity contribution in [3.05, 3.63) is 55.5 Å². The van der Waals surface area contributed by atoms with Gasteiger partial charge in [0, 0.05) is 27.7 Å². The minimum Gasteiger partial charge on any atom is -0.506 e. The molecule has 2 aromatic carbocycles. The maximum absolute atomic E-state index is 12.0. The maximum atomic E-state index is 12.0.